The van der Waals surface area contributed by atoms with Crippen molar-refractivity contribution < 1.29 is 9.47 Å². The first kappa shape index (κ1) is 17.5. The van der Waals surface area contributed by atoms with Crippen molar-refractivity contribution in [1.29, 1.82) is 0 Å². The van der Waals surface area contributed by atoms with Crippen LogP contribution in [0.15, 0.2) is 36.5 Å². The first-order chi connectivity index (χ1) is 12.2. The van der Waals surface area contributed by atoms with Crippen molar-refractivity contribution in [1.82, 2.24) is 14.9 Å². The Bertz CT molecular complexity index is 695. The Morgan fingerprint density at radius 3 is 2.92 bits per heavy atom. The van der Waals surface area contributed by atoms with E-state index in [9.17, 15) is 0 Å². The minimum Gasteiger partial charge on any atom is -0.497 e. The van der Waals surface area contributed by atoms with Gasteiger partial charge in [0.25, 0.3) is 0 Å². The van der Waals surface area contributed by atoms with Crippen LogP contribution in [-0.2, 0) is 6.54 Å². The summed E-state index contributed by atoms with van der Waals surface area (Å²) in [6, 6.07) is 10.5. The van der Waals surface area contributed by atoms with Crippen LogP contribution in [0.1, 0.15) is 18.4 Å². The highest BCUT2D eigenvalue weighted by Gasteiger charge is 2.25. The van der Waals surface area contributed by atoms with Gasteiger partial charge in [-0.1, -0.05) is 12.1 Å². The number of ether oxygens (including phenoxy) is 2. The molecule has 0 amide bonds. The molecule has 1 aromatic carbocycles. The zero-order valence-corrected chi connectivity index (χ0v) is 15.2. The number of hydrogen-bond donors (Lipinski definition) is 0. The van der Waals surface area contributed by atoms with Crippen LogP contribution in [0.2, 0.25) is 0 Å². The molecule has 1 saturated heterocycles. The molecule has 0 N–H and O–H groups in total. The molecule has 1 aliphatic rings. The Balaban J connectivity index is 1.65. The summed E-state index contributed by atoms with van der Waals surface area (Å²) in [5.74, 6) is 2.22. The first-order valence-electron chi connectivity index (χ1n) is 8.64. The summed E-state index contributed by atoms with van der Waals surface area (Å²) >= 11 is 0. The molecule has 2 aromatic rings. The van der Waals surface area contributed by atoms with Crippen molar-refractivity contribution in [2.24, 2.45) is 0 Å². The van der Waals surface area contributed by atoms with E-state index in [1.165, 1.54) is 12.0 Å². The minimum atomic E-state index is 0.395. The molecular formula is C19H26N4O2. The zero-order chi connectivity index (χ0) is 17.6. The van der Waals surface area contributed by atoms with E-state index in [1.807, 2.05) is 12.1 Å². The van der Waals surface area contributed by atoms with Gasteiger partial charge in [-0.3, -0.25) is 4.90 Å². The van der Waals surface area contributed by atoms with Crippen molar-refractivity contribution in [3.05, 3.63) is 42.1 Å². The number of benzene rings is 1. The lowest BCUT2D eigenvalue weighted by atomic mass is 10.0. The largest absolute Gasteiger partial charge is 0.497 e. The average molecular weight is 342 g/mol. The van der Waals surface area contributed by atoms with Crippen LogP contribution in [0.4, 0.5) is 5.95 Å². The summed E-state index contributed by atoms with van der Waals surface area (Å²) in [5.41, 5.74) is 1.28. The van der Waals surface area contributed by atoms with Crippen LogP contribution >= 0.6 is 0 Å². The number of nitrogens with zero attached hydrogens (tertiary/aromatic N) is 4. The number of likely N-dealkylation sites (N-methyl/N-ethyl adjacent to an activating group) is 1. The summed E-state index contributed by atoms with van der Waals surface area (Å²) < 4.78 is 10.5. The molecule has 0 spiro atoms. The van der Waals surface area contributed by atoms with Gasteiger partial charge in [-0.25, -0.2) is 4.98 Å². The fourth-order valence-electron chi connectivity index (χ4n) is 3.30. The highest BCUT2D eigenvalue weighted by molar-refractivity contribution is 5.33. The van der Waals surface area contributed by atoms with Gasteiger partial charge in [-0.15, -0.1) is 0 Å². The molecule has 0 saturated carbocycles. The predicted molar refractivity (Wildman–Crippen MR) is 98.3 cm³/mol. The molecule has 1 atom stereocenters. The number of hydrogen-bond acceptors (Lipinski definition) is 6. The highest BCUT2D eigenvalue weighted by atomic mass is 16.5. The summed E-state index contributed by atoms with van der Waals surface area (Å²) in [4.78, 5) is 13.5. The van der Waals surface area contributed by atoms with Crippen LogP contribution in [0, 0.1) is 0 Å². The summed E-state index contributed by atoms with van der Waals surface area (Å²) in [7, 11) is 5.40. The third-order valence-electron chi connectivity index (χ3n) is 4.71. The average Bonchev–Trinajstić information content (AvgIpc) is 2.68. The van der Waals surface area contributed by atoms with Gasteiger partial charge in [0.1, 0.15) is 5.75 Å². The molecular weight excluding hydrogens is 316 g/mol. The minimum absolute atomic E-state index is 0.395. The highest BCUT2D eigenvalue weighted by Crippen LogP contribution is 2.22. The molecule has 6 nitrogen and oxygen atoms in total. The second-order valence-electron chi connectivity index (χ2n) is 6.39. The molecule has 6 heteroatoms. The Morgan fingerprint density at radius 2 is 2.12 bits per heavy atom. The van der Waals surface area contributed by atoms with Crippen LogP contribution in [0.5, 0.6) is 11.6 Å². The Hall–Kier alpha value is -2.34. The van der Waals surface area contributed by atoms with Gasteiger partial charge < -0.3 is 14.4 Å². The number of rotatable bonds is 6. The van der Waals surface area contributed by atoms with E-state index < -0.39 is 0 Å². The number of likely N-dealkylation sites (tertiary alicyclic amines) is 1. The molecule has 2 heterocycles. The van der Waals surface area contributed by atoms with Crippen LogP contribution < -0.4 is 14.4 Å². The first-order valence-corrected chi connectivity index (χ1v) is 8.64. The van der Waals surface area contributed by atoms with Crippen LogP contribution in [0.25, 0.3) is 0 Å². The molecule has 0 bridgehead atoms. The Morgan fingerprint density at radius 1 is 1.24 bits per heavy atom. The van der Waals surface area contributed by atoms with Gasteiger partial charge in [0.05, 0.1) is 14.2 Å². The Kier molecular flexibility index (Phi) is 5.71. The van der Waals surface area contributed by atoms with Crippen molar-refractivity contribution in [3.8, 4) is 11.6 Å². The predicted octanol–water partition coefficient (Wildman–Crippen LogP) is 2.59. The fourth-order valence-corrected chi connectivity index (χ4v) is 3.30. The maximum Gasteiger partial charge on any atom is 0.228 e. The van der Waals surface area contributed by atoms with E-state index in [0.29, 0.717) is 17.9 Å². The quantitative estimate of drug-likeness (QED) is 0.804. The summed E-state index contributed by atoms with van der Waals surface area (Å²) in [6.45, 7) is 3.04. The number of aromatic nitrogens is 2. The SMILES string of the molecule is COc1cccc(CN2CCCC(N(C)c3nccc(OC)n3)C2)c1. The van der Waals surface area contributed by atoms with E-state index in [-0.39, 0.29) is 0 Å². The molecule has 3 rings (SSSR count). The molecule has 0 aliphatic carbocycles. The van der Waals surface area contributed by atoms with Gasteiger partial charge in [0.15, 0.2) is 0 Å². The molecule has 1 unspecified atom stereocenters. The maximum absolute atomic E-state index is 5.33. The molecule has 1 aliphatic heterocycles. The van der Waals surface area contributed by atoms with Gasteiger partial charge >= 0.3 is 0 Å². The second kappa shape index (κ2) is 8.16. The number of anilines is 1. The topological polar surface area (TPSA) is 50.7 Å². The van der Waals surface area contributed by atoms with Crippen molar-refractivity contribution >= 4 is 5.95 Å². The van der Waals surface area contributed by atoms with E-state index in [1.54, 1.807) is 26.5 Å². The number of methoxy groups -OCH3 is 2. The van der Waals surface area contributed by atoms with Crippen LogP contribution in [0.3, 0.4) is 0 Å². The number of piperidine rings is 1. The summed E-state index contributed by atoms with van der Waals surface area (Å²) in [5, 5.41) is 0. The van der Waals surface area contributed by atoms with Crippen molar-refractivity contribution in [2.75, 3.05) is 39.3 Å². The maximum atomic E-state index is 5.33. The van der Waals surface area contributed by atoms with Gasteiger partial charge in [-0.05, 0) is 37.1 Å². The van der Waals surface area contributed by atoms with Crippen LogP contribution in [-0.4, -0.2) is 55.3 Å². The smallest absolute Gasteiger partial charge is 0.228 e. The Labute approximate surface area is 149 Å². The zero-order valence-electron chi connectivity index (χ0n) is 15.2. The standard InChI is InChI=1S/C19H26N4O2/c1-22(19-20-10-9-18(21-19)25-3)16-7-5-11-23(14-16)13-15-6-4-8-17(12-15)24-2/h4,6,8-10,12,16H,5,7,11,13-14H2,1-3H3. The monoisotopic (exact) mass is 342 g/mol. The van der Waals surface area contributed by atoms with E-state index >= 15 is 0 Å². The van der Waals surface area contributed by atoms with E-state index in [2.05, 4.69) is 38.9 Å². The van der Waals surface area contributed by atoms with Gasteiger partial charge in [0, 0.05) is 38.4 Å². The second-order valence-corrected chi connectivity index (χ2v) is 6.39. The van der Waals surface area contributed by atoms with Crippen molar-refractivity contribution in [3.63, 3.8) is 0 Å². The third kappa shape index (κ3) is 4.39. The lowest BCUT2D eigenvalue weighted by Crippen LogP contribution is -2.46. The lowest BCUT2D eigenvalue weighted by Gasteiger charge is -2.37. The van der Waals surface area contributed by atoms with Gasteiger partial charge in [-0.2, -0.15) is 4.98 Å². The molecule has 0 radical (unpaired) electrons. The van der Waals surface area contributed by atoms with E-state index in [4.69, 9.17) is 9.47 Å². The van der Waals surface area contributed by atoms with E-state index in [0.717, 1.165) is 31.8 Å². The normalized spacial score (nSPS) is 18.0. The molecule has 1 aromatic heterocycles. The lowest BCUT2D eigenvalue weighted by molar-refractivity contribution is 0.198. The van der Waals surface area contributed by atoms with Gasteiger partial charge in [0.2, 0.25) is 11.8 Å². The fraction of sp³-hybridized carbons (Fsp3) is 0.474. The molecule has 25 heavy (non-hydrogen) atoms. The third-order valence-corrected chi connectivity index (χ3v) is 4.71. The molecule has 1 fully saturated rings. The molecule has 134 valence electrons. The van der Waals surface area contributed by atoms with Crippen molar-refractivity contribution in [2.45, 2.75) is 25.4 Å². The summed E-state index contributed by atoms with van der Waals surface area (Å²) in [6.07, 6.45) is 4.06.